The third-order valence-electron chi connectivity index (χ3n) is 3.60. The molecule has 0 aliphatic carbocycles. The van der Waals surface area contributed by atoms with Gasteiger partial charge in [0.1, 0.15) is 5.75 Å². The molecule has 0 unspecified atom stereocenters. The van der Waals surface area contributed by atoms with Crippen molar-refractivity contribution < 1.29 is 19.0 Å². The van der Waals surface area contributed by atoms with Crippen molar-refractivity contribution in [3.8, 4) is 23.1 Å². The van der Waals surface area contributed by atoms with Crippen molar-refractivity contribution in [2.75, 3.05) is 19.5 Å². The van der Waals surface area contributed by atoms with E-state index in [1.54, 1.807) is 75.0 Å². The second-order valence-corrected chi connectivity index (χ2v) is 5.32. The minimum atomic E-state index is -0.260. The molecule has 0 spiro atoms. The Hall–Kier alpha value is -3.54. The fourth-order valence-corrected chi connectivity index (χ4v) is 2.35. The van der Waals surface area contributed by atoms with E-state index in [4.69, 9.17) is 14.2 Å². The third-order valence-corrected chi connectivity index (χ3v) is 3.60. The number of amides is 1. The first-order valence-electron chi connectivity index (χ1n) is 7.92. The zero-order valence-corrected chi connectivity index (χ0v) is 14.4. The van der Waals surface area contributed by atoms with Crippen molar-refractivity contribution in [2.24, 2.45) is 0 Å². The summed E-state index contributed by atoms with van der Waals surface area (Å²) in [5, 5.41) is 2.83. The van der Waals surface area contributed by atoms with E-state index in [0.717, 1.165) is 0 Å². The highest BCUT2D eigenvalue weighted by Gasteiger charge is 2.10. The van der Waals surface area contributed by atoms with Gasteiger partial charge in [-0.15, -0.1) is 0 Å². The third kappa shape index (κ3) is 4.10. The molecule has 6 heteroatoms. The number of methoxy groups -OCH3 is 2. The predicted molar refractivity (Wildman–Crippen MR) is 98.3 cm³/mol. The predicted octanol–water partition coefficient (Wildman–Crippen LogP) is 4.14. The van der Waals surface area contributed by atoms with Gasteiger partial charge < -0.3 is 19.5 Å². The summed E-state index contributed by atoms with van der Waals surface area (Å²) >= 11 is 0. The van der Waals surface area contributed by atoms with Crippen LogP contribution in [0.15, 0.2) is 66.9 Å². The Morgan fingerprint density at radius 2 is 1.77 bits per heavy atom. The number of rotatable bonds is 6. The van der Waals surface area contributed by atoms with E-state index in [-0.39, 0.29) is 5.91 Å². The molecular weight excluding hydrogens is 332 g/mol. The molecule has 0 atom stereocenters. The summed E-state index contributed by atoms with van der Waals surface area (Å²) in [6.07, 6.45) is 1.64. The molecule has 2 aromatic carbocycles. The van der Waals surface area contributed by atoms with Crippen LogP contribution in [0.3, 0.4) is 0 Å². The number of ether oxygens (including phenoxy) is 3. The average molecular weight is 350 g/mol. The van der Waals surface area contributed by atoms with Gasteiger partial charge in [-0.25, -0.2) is 4.98 Å². The van der Waals surface area contributed by atoms with Gasteiger partial charge in [0, 0.05) is 29.6 Å². The number of hydrogen-bond acceptors (Lipinski definition) is 5. The maximum atomic E-state index is 12.5. The molecule has 1 amide bonds. The Kier molecular flexibility index (Phi) is 5.34. The SMILES string of the molecule is COc1ccc(NC(=O)c2cccc(Oc3ccccn3)c2)cc1OC. The fourth-order valence-electron chi connectivity index (χ4n) is 2.35. The van der Waals surface area contributed by atoms with Crippen LogP contribution in [0.1, 0.15) is 10.4 Å². The molecular formula is C20H18N2O4. The van der Waals surface area contributed by atoms with Crippen LogP contribution in [0.5, 0.6) is 23.1 Å². The smallest absolute Gasteiger partial charge is 0.255 e. The van der Waals surface area contributed by atoms with Crippen molar-refractivity contribution in [3.05, 3.63) is 72.4 Å². The van der Waals surface area contributed by atoms with Gasteiger partial charge in [-0.2, -0.15) is 0 Å². The van der Waals surface area contributed by atoms with Crippen LogP contribution in [0, 0.1) is 0 Å². The Balaban J connectivity index is 1.75. The molecule has 0 aliphatic heterocycles. The molecule has 6 nitrogen and oxygen atoms in total. The topological polar surface area (TPSA) is 69.7 Å². The molecule has 1 aromatic heterocycles. The lowest BCUT2D eigenvalue weighted by molar-refractivity contribution is 0.102. The molecule has 3 rings (SSSR count). The largest absolute Gasteiger partial charge is 0.493 e. The first kappa shape index (κ1) is 17.3. The van der Waals surface area contributed by atoms with E-state index in [0.29, 0.717) is 34.4 Å². The lowest BCUT2D eigenvalue weighted by Gasteiger charge is -2.11. The Morgan fingerprint density at radius 3 is 2.50 bits per heavy atom. The molecule has 132 valence electrons. The molecule has 26 heavy (non-hydrogen) atoms. The minimum absolute atomic E-state index is 0.260. The first-order valence-corrected chi connectivity index (χ1v) is 7.92. The fraction of sp³-hybridized carbons (Fsp3) is 0.100. The summed E-state index contributed by atoms with van der Waals surface area (Å²) in [6, 6.07) is 17.4. The monoisotopic (exact) mass is 350 g/mol. The summed E-state index contributed by atoms with van der Waals surface area (Å²) < 4.78 is 16.1. The number of carbonyl (C=O) groups excluding carboxylic acids is 1. The maximum Gasteiger partial charge on any atom is 0.255 e. The van der Waals surface area contributed by atoms with Crippen LogP contribution in [0.4, 0.5) is 5.69 Å². The second kappa shape index (κ2) is 8.02. The van der Waals surface area contributed by atoms with Crippen LogP contribution in [-0.2, 0) is 0 Å². The molecule has 1 N–H and O–H groups in total. The van der Waals surface area contributed by atoms with Gasteiger partial charge >= 0.3 is 0 Å². The van der Waals surface area contributed by atoms with Gasteiger partial charge in [0.25, 0.3) is 5.91 Å². The van der Waals surface area contributed by atoms with E-state index < -0.39 is 0 Å². The van der Waals surface area contributed by atoms with E-state index in [9.17, 15) is 4.79 Å². The highest BCUT2D eigenvalue weighted by atomic mass is 16.5. The van der Waals surface area contributed by atoms with Crippen molar-refractivity contribution >= 4 is 11.6 Å². The summed E-state index contributed by atoms with van der Waals surface area (Å²) in [5.41, 5.74) is 1.07. The maximum absolute atomic E-state index is 12.5. The minimum Gasteiger partial charge on any atom is -0.493 e. The van der Waals surface area contributed by atoms with Crippen molar-refractivity contribution in [2.45, 2.75) is 0 Å². The standard InChI is InChI=1S/C20H18N2O4/c1-24-17-10-9-15(13-18(17)25-2)22-20(23)14-6-5-7-16(12-14)26-19-8-3-4-11-21-19/h3-13H,1-2H3,(H,22,23). The van der Waals surface area contributed by atoms with Gasteiger partial charge in [-0.1, -0.05) is 12.1 Å². The van der Waals surface area contributed by atoms with Gasteiger partial charge in [-0.3, -0.25) is 4.79 Å². The van der Waals surface area contributed by atoms with Crippen LogP contribution in [0.2, 0.25) is 0 Å². The van der Waals surface area contributed by atoms with Crippen LogP contribution in [0.25, 0.3) is 0 Å². The van der Waals surface area contributed by atoms with Gasteiger partial charge in [0.05, 0.1) is 14.2 Å². The summed E-state index contributed by atoms with van der Waals surface area (Å²) in [4.78, 5) is 16.6. The molecule has 0 radical (unpaired) electrons. The molecule has 0 fully saturated rings. The van der Waals surface area contributed by atoms with Crippen molar-refractivity contribution in [3.63, 3.8) is 0 Å². The van der Waals surface area contributed by atoms with Crippen LogP contribution in [-0.4, -0.2) is 25.1 Å². The number of benzene rings is 2. The normalized spacial score (nSPS) is 10.1. The molecule has 0 bridgehead atoms. The number of hydrogen-bond donors (Lipinski definition) is 1. The zero-order chi connectivity index (χ0) is 18.4. The quantitative estimate of drug-likeness (QED) is 0.723. The molecule has 3 aromatic rings. The lowest BCUT2D eigenvalue weighted by Crippen LogP contribution is -2.12. The molecule has 0 aliphatic rings. The molecule has 1 heterocycles. The second-order valence-electron chi connectivity index (χ2n) is 5.32. The number of aromatic nitrogens is 1. The van der Waals surface area contributed by atoms with Crippen LogP contribution >= 0.6 is 0 Å². The Labute approximate surface area is 151 Å². The first-order chi connectivity index (χ1) is 12.7. The summed E-state index contributed by atoms with van der Waals surface area (Å²) in [7, 11) is 3.10. The number of pyridine rings is 1. The number of nitrogens with zero attached hydrogens (tertiary/aromatic N) is 1. The van der Waals surface area contributed by atoms with E-state index in [1.165, 1.54) is 0 Å². The summed E-state index contributed by atoms with van der Waals surface area (Å²) in [5.74, 6) is 1.87. The van der Waals surface area contributed by atoms with E-state index in [2.05, 4.69) is 10.3 Å². The molecule has 0 saturated heterocycles. The average Bonchev–Trinajstić information content (AvgIpc) is 2.69. The van der Waals surface area contributed by atoms with E-state index in [1.807, 2.05) is 6.07 Å². The van der Waals surface area contributed by atoms with Crippen LogP contribution < -0.4 is 19.5 Å². The van der Waals surface area contributed by atoms with Crippen molar-refractivity contribution in [1.82, 2.24) is 4.98 Å². The number of carbonyl (C=O) groups is 1. The lowest BCUT2D eigenvalue weighted by atomic mass is 10.2. The Morgan fingerprint density at radius 1 is 0.923 bits per heavy atom. The Bertz CT molecular complexity index is 897. The van der Waals surface area contributed by atoms with Gasteiger partial charge in [0.2, 0.25) is 5.88 Å². The zero-order valence-electron chi connectivity index (χ0n) is 14.4. The van der Waals surface area contributed by atoms with Gasteiger partial charge in [0.15, 0.2) is 11.5 Å². The summed E-state index contributed by atoms with van der Waals surface area (Å²) in [6.45, 7) is 0. The van der Waals surface area contributed by atoms with Crippen molar-refractivity contribution in [1.29, 1.82) is 0 Å². The highest BCUT2D eigenvalue weighted by Crippen LogP contribution is 2.30. The number of nitrogens with one attached hydrogen (secondary N) is 1. The van der Waals surface area contributed by atoms with E-state index >= 15 is 0 Å². The van der Waals surface area contributed by atoms with Gasteiger partial charge in [-0.05, 0) is 36.4 Å². The molecule has 0 saturated carbocycles. The highest BCUT2D eigenvalue weighted by molar-refractivity contribution is 6.04. The number of anilines is 1.